The van der Waals surface area contributed by atoms with Gasteiger partial charge in [0, 0.05) is 6.54 Å². The van der Waals surface area contributed by atoms with Gasteiger partial charge in [0.25, 0.3) is 0 Å². The minimum atomic E-state index is 0. The molecule has 1 aromatic rings. The molecule has 0 fully saturated rings. The normalized spacial score (nSPS) is 10.2. The minimum Gasteiger partial charge on any atom is -0.489 e. The summed E-state index contributed by atoms with van der Waals surface area (Å²) in [7, 11) is 1.93. The summed E-state index contributed by atoms with van der Waals surface area (Å²) in [6.07, 6.45) is 4.08. The van der Waals surface area contributed by atoms with Crippen molar-refractivity contribution in [1.82, 2.24) is 5.32 Å². The Kier molecular flexibility index (Phi) is 7.69. The van der Waals surface area contributed by atoms with Gasteiger partial charge in [0.05, 0.1) is 0 Å². The lowest BCUT2D eigenvalue weighted by Gasteiger charge is -2.07. The van der Waals surface area contributed by atoms with Crippen LogP contribution < -0.4 is 10.1 Å². The van der Waals surface area contributed by atoms with Crippen LogP contribution in [0.4, 0.5) is 0 Å². The van der Waals surface area contributed by atoms with Crippen molar-refractivity contribution >= 4 is 12.4 Å². The van der Waals surface area contributed by atoms with Gasteiger partial charge in [0.1, 0.15) is 12.4 Å². The molecule has 0 amide bonds. The van der Waals surface area contributed by atoms with Crippen molar-refractivity contribution in [3.05, 3.63) is 41.5 Å². The zero-order valence-corrected chi connectivity index (χ0v) is 10.9. The third-order valence-corrected chi connectivity index (χ3v) is 2.15. The van der Waals surface area contributed by atoms with E-state index < -0.39 is 0 Å². The van der Waals surface area contributed by atoms with Gasteiger partial charge in [-0.1, -0.05) is 29.8 Å². The number of rotatable bonds is 5. The van der Waals surface area contributed by atoms with Gasteiger partial charge in [-0.25, -0.2) is 0 Å². The number of halogens is 1. The zero-order chi connectivity index (χ0) is 11.1. The fourth-order valence-corrected chi connectivity index (χ4v) is 1.37. The van der Waals surface area contributed by atoms with E-state index in [9.17, 15) is 0 Å². The number of benzene rings is 1. The van der Waals surface area contributed by atoms with Crippen LogP contribution in [0.5, 0.6) is 5.75 Å². The van der Waals surface area contributed by atoms with Crippen LogP contribution in [0.1, 0.15) is 11.1 Å². The first kappa shape index (κ1) is 15.0. The van der Waals surface area contributed by atoms with Crippen LogP contribution in [0.25, 0.3) is 0 Å². The molecule has 16 heavy (non-hydrogen) atoms. The molecule has 0 unspecified atom stereocenters. The Labute approximate surface area is 104 Å². The van der Waals surface area contributed by atoms with Crippen molar-refractivity contribution < 1.29 is 4.74 Å². The maximum absolute atomic E-state index is 5.62. The van der Waals surface area contributed by atoms with Crippen LogP contribution in [0.2, 0.25) is 0 Å². The Bertz CT molecular complexity index is 337. The van der Waals surface area contributed by atoms with Crippen molar-refractivity contribution in [3.63, 3.8) is 0 Å². The molecule has 2 nitrogen and oxygen atoms in total. The SMILES string of the molecule is CNC/C=C/COc1ccc(C)cc1C.Cl. The summed E-state index contributed by atoms with van der Waals surface area (Å²) < 4.78 is 5.62. The minimum absolute atomic E-state index is 0. The van der Waals surface area contributed by atoms with Crippen LogP contribution in [0, 0.1) is 13.8 Å². The van der Waals surface area contributed by atoms with Crippen molar-refractivity contribution in [3.8, 4) is 5.75 Å². The number of ether oxygens (including phenoxy) is 1. The molecule has 0 saturated carbocycles. The van der Waals surface area contributed by atoms with E-state index in [2.05, 4.69) is 37.4 Å². The lowest BCUT2D eigenvalue weighted by Crippen LogP contribution is -2.04. The summed E-state index contributed by atoms with van der Waals surface area (Å²) >= 11 is 0. The molecule has 0 aliphatic carbocycles. The molecule has 0 aliphatic heterocycles. The first-order valence-corrected chi connectivity index (χ1v) is 5.23. The van der Waals surface area contributed by atoms with E-state index in [1.165, 1.54) is 11.1 Å². The maximum Gasteiger partial charge on any atom is 0.122 e. The molecule has 0 atom stereocenters. The molecule has 0 radical (unpaired) electrons. The van der Waals surface area contributed by atoms with E-state index in [0.29, 0.717) is 6.61 Å². The summed E-state index contributed by atoms with van der Waals surface area (Å²) in [4.78, 5) is 0. The number of likely N-dealkylation sites (N-methyl/N-ethyl adjacent to an activating group) is 1. The van der Waals surface area contributed by atoms with Gasteiger partial charge < -0.3 is 10.1 Å². The Hall–Kier alpha value is -0.990. The number of hydrogen-bond donors (Lipinski definition) is 1. The second-order valence-electron chi connectivity index (χ2n) is 3.61. The van der Waals surface area contributed by atoms with Crippen LogP contribution in [-0.2, 0) is 0 Å². The van der Waals surface area contributed by atoms with Crippen LogP contribution in [0.15, 0.2) is 30.4 Å². The van der Waals surface area contributed by atoms with Crippen LogP contribution >= 0.6 is 12.4 Å². The molecule has 1 N–H and O–H groups in total. The van der Waals surface area contributed by atoms with Crippen molar-refractivity contribution in [2.24, 2.45) is 0 Å². The van der Waals surface area contributed by atoms with Gasteiger partial charge in [-0.3, -0.25) is 0 Å². The molecule has 1 aromatic carbocycles. The van der Waals surface area contributed by atoms with Gasteiger partial charge in [0.15, 0.2) is 0 Å². The number of aryl methyl sites for hydroxylation is 2. The fourth-order valence-electron chi connectivity index (χ4n) is 1.37. The Balaban J connectivity index is 0.00000225. The number of nitrogens with one attached hydrogen (secondary N) is 1. The molecular weight excluding hydrogens is 222 g/mol. The third-order valence-electron chi connectivity index (χ3n) is 2.15. The van der Waals surface area contributed by atoms with Crippen molar-refractivity contribution in [2.75, 3.05) is 20.2 Å². The molecule has 0 saturated heterocycles. The molecule has 0 heterocycles. The Morgan fingerprint density at radius 1 is 1.25 bits per heavy atom. The largest absolute Gasteiger partial charge is 0.489 e. The zero-order valence-electron chi connectivity index (χ0n) is 10.1. The van der Waals surface area contributed by atoms with E-state index >= 15 is 0 Å². The summed E-state index contributed by atoms with van der Waals surface area (Å²) in [6.45, 7) is 5.67. The second-order valence-corrected chi connectivity index (χ2v) is 3.61. The summed E-state index contributed by atoms with van der Waals surface area (Å²) in [6, 6.07) is 6.23. The first-order valence-electron chi connectivity index (χ1n) is 5.23. The van der Waals surface area contributed by atoms with E-state index in [-0.39, 0.29) is 12.4 Å². The topological polar surface area (TPSA) is 21.3 Å². The Morgan fingerprint density at radius 3 is 2.62 bits per heavy atom. The predicted molar refractivity (Wildman–Crippen MR) is 71.7 cm³/mol. The highest BCUT2D eigenvalue weighted by Gasteiger charge is 1.97. The quantitative estimate of drug-likeness (QED) is 0.801. The molecule has 1 rings (SSSR count). The highest BCUT2D eigenvalue weighted by atomic mass is 35.5. The van der Waals surface area contributed by atoms with Crippen LogP contribution in [0.3, 0.4) is 0 Å². The van der Waals surface area contributed by atoms with Crippen molar-refractivity contribution in [1.29, 1.82) is 0 Å². The van der Waals surface area contributed by atoms with Gasteiger partial charge in [-0.2, -0.15) is 0 Å². The molecule has 0 bridgehead atoms. The van der Waals surface area contributed by atoms with Gasteiger partial charge in [-0.05, 0) is 32.5 Å². The van der Waals surface area contributed by atoms with E-state index in [1.54, 1.807) is 0 Å². The lowest BCUT2D eigenvalue weighted by atomic mass is 10.1. The summed E-state index contributed by atoms with van der Waals surface area (Å²) in [5.41, 5.74) is 2.46. The smallest absolute Gasteiger partial charge is 0.122 e. The second kappa shape index (κ2) is 8.20. The summed E-state index contributed by atoms with van der Waals surface area (Å²) in [5, 5.41) is 3.04. The predicted octanol–water partition coefficient (Wildman–Crippen LogP) is 2.88. The van der Waals surface area contributed by atoms with E-state index in [0.717, 1.165) is 12.3 Å². The molecule has 0 aromatic heterocycles. The molecular formula is C13H20ClNO. The first-order chi connectivity index (χ1) is 7.24. The molecule has 3 heteroatoms. The highest BCUT2D eigenvalue weighted by Crippen LogP contribution is 2.18. The molecule has 0 spiro atoms. The van der Waals surface area contributed by atoms with Crippen LogP contribution in [-0.4, -0.2) is 20.2 Å². The van der Waals surface area contributed by atoms with E-state index in [1.807, 2.05) is 19.2 Å². The summed E-state index contributed by atoms with van der Waals surface area (Å²) in [5.74, 6) is 0.967. The standard InChI is InChI=1S/C13H19NO.ClH/c1-11-6-7-13(12(2)10-11)15-9-5-4-8-14-3;/h4-7,10,14H,8-9H2,1-3H3;1H/b5-4+;. The third kappa shape index (κ3) is 5.19. The maximum atomic E-state index is 5.62. The number of hydrogen-bond acceptors (Lipinski definition) is 2. The average molecular weight is 242 g/mol. The monoisotopic (exact) mass is 241 g/mol. The molecule has 0 aliphatic rings. The van der Waals surface area contributed by atoms with Gasteiger partial charge >= 0.3 is 0 Å². The molecule has 90 valence electrons. The lowest BCUT2D eigenvalue weighted by molar-refractivity contribution is 0.360. The van der Waals surface area contributed by atoms with E-state index in [4.69, 9.17) is 4.74 Å². The Morgan fingerprint density at radius 2 is 2.00 bits per heavy atom. The van der Waals surface area contributed by atoms with Gasteiger partial charge in [-0.15, -0.1) is 12.4 Å². The van der Waals surface area contributed by atoms with Crippen molar-refractivity contribution in [2.45, 2.75) is 13.8 Å². The average Bonchev–Trinajstić information content (AvgIpc) is 2.20. The van der Waals surface area contributed by atoms with Gasteiger partial charge in [0.2, 0.25) is 0 Å². The fraction of sp³-hybridized carbons (Fsp3) is 0.385. The highest BCUT2D eigenvalue weighted by molar-refractivity contribution is 5.85.